The number of benzene rings is 1. The van der Waals surface area contributed by atoms with Crippen molar-refractivity contribution in [3.63, 3.8) is 0 Å². The van der Waals surface area contributed by atoms with E-state index < -0.39 is 28.8 Å². The largest absolute Gasteiger partial charge is 0.457 e. The van der Waals surface area contributed by atoms with Gasteiger partial charge in [0, 0.05) is 12.0 Å². The van der Waals surface area contributed by atoms with E-state index in [2.05, 4.69) is 0 Å². The molecule has 2 rings (SSSR count). The first-order valence-corrected chi connectivity index (χ1v) is 8.96. The maximum absolute atomic E-state index is 12.8. The molecular formula is C17H18F3NO2S. The van der Waals surface area contributed by atoms with Crippen molar-refractivity contribution in [2.75, 3.05) is 6.54 Å². The van der Waals surface area contributed by atoms with Gasteiger partial charge in [0.1, 0.15) is 0 Å². The summed E-state index contributed by atoms with van der Waals surface area (Å²) in [6, 6.07) is 5.75. The quantitative estimate of drug-likeness (QED) is 0.609. The minimum absolute atomic E-state index is 0.0564. The molecule has 24 heavy (non-hydrogen) atoms. The molecule has 7 heteroatoms. The van der Waals surface area contributed by atoms with E-state index in [-0.39, 0.29) is 4.90 Å². The Labute approximate surface area is 140 Å². The molecule has 0 aliphatic heterocycles. The first kappa shape index (κ1) is 18.6. The van der Waals surface area contributed by atoms with Gasteiger partial charge in [-0.2, -0.15) is 17.5 Å². The lowest BCUT2D eigenvalue weighted by Crippen LogP contribution is -2.40. The van der Waals surface area contributed by atoms with E-state index in [1.165, 1.54) is 12.1 Å². The maximum Gasteiger partial charge on any atom is 0.457 e. The van der Waals surface area contributed by atoms with E-state index in [0.29, 0.717) is 6.42 Å². The molecule has 0 saturated heterocycles. The highest BCUT2D eigenvalue weighted by Crippen LogP contribution is 2.24. The van der Waals surface area contributed by atoms with Crippen molar-refractivity contribution in [1.29, 1.82) is 0 Å². The third kappa shape index (κ3) is 4.86. The summed E-state index contributed by atoms with van der Waals surface area (Å²) >= 11 is 0. The Kier molecular flexibility index (Phi) is 5.73. The van der Waals surface area contributed by atoms with Gasteiger partial charge in [-0.25, -0.2) is 8.42 Å². The molecule has 1 atom stereocenters. The first-order chi connectivity index (χ1) is 11.2. The second kappa shape index (κ2) is 7.41. The normalized spacial score (nSPS) is 18.3. The fourth-order valence-corrected chi connectivity index (χ4v) is 4.00. The lowest BCUT2D eigenvalue weighted by Gasteiger charge is -2.29. The lowest BCUT2D eigenvalue weighted by atomic mass is 10.0. The van der Waals surface area contributed by atoms with Gasteiger partial charge in [-0.1, -0.05) is 35.8 Å². The fourth-order valence-electron chi connectivity index (χ4n) is 2.48. The van der Waals surface area contributed by atoms with Crippen LogP contribution >= 0.6 is 0 Å². The van der Waals surface area contributed by atoms with E-state index in [0.717, 1.165) is 28.6 Å². The Bertz CT molecular complexity index is 756. The zero-order valence-electron chi connectivity index (χ0n) is 13.2. The predicted octanol–water partition coefficient (Wildman–Crippen LogP) is 3.66. The topological polar surface area (TPSA) is 37.4 Å². The number of alkyl halides is 3. The molecule has 0 heterocycles. The number of aryl methyl sites for hydroxylation is 1. The van der Waals surface area contributed by atoms with Crippen molar-refractivity contribution in [1.82, 2.24) is 4.31 Å². The summed E-state index contributed by atoms with van der Waals surface area (Å²) in [5.41, 5.74) is 0.898. The molecule has 0 amide bonds. The molecule has 0 saturated carbocycles. The summed E-state index contributed by atoms with van der Waals surface area (Å²) in [5, 5.41) is 0. The number of allylic oxidation sites excluding steroid dienone is 1. The minimum atomic E-state index is -4.64. The zero-order chi connectivity index (χ0) is 17.8. The molecule has 0 radical (unpaired) electrons. The van der Waals surface area contributed by atoms with E-state index in [1.807, 2.05) is 18.9 Å². The highest BCUT2D eigenvalue weighted by Gasteiger charge is 2.31. The van der Waals surface area contributed by atoms with Gasteiger partial charge < -0.3 is 0 Å². The van der Waals surface area contributed by atoms with Crippen molar-refractivity contribution in [2.45, 2.75) is 43.3 Å². The van der Waals surface area contributed by atoms with Gasteiger partial charge in [-0.3, -0.25) is 0 Å². The molecule has 0 fully saturated rings. The zero-order valence-corrected chi connectivity index (χ0v) is 14.0. The van der Waals surface area contributed by atoms with Gasteiger partial charge in [0.05, 0.1) is 11.4 Å². The van der Waals surface area contributed by atoms with Crippen molar-refractivity contribution in [3.8, 4) is 11.8 Å². The van der Waals surface area contributed by atoms with Crippen LogP contribution in [0.1, 0.15) is 24.8 Å². The molecule has 1 aromatic rings. The summed E-state index contributed by atoms with van der Waals surface area (Å²) in [7, 11) is -3.92. The van der Waals surface area contributed by atoms with Crippen LogP contribution in [-0.4, -0.2) is 31.5 Å². The third-order valence-corrected chi connectivity index (χ3v) is 5.58. The molecular weight excluding hydrogens is 339 g/mol. The number of hydrogen-bond acceptors (Lipinski definition) is 2. The van der Waals surface area contributed by atoms with Gasteiger partial charge in [-0.15, -0.1) is 0 Å². The minimum Gasteiger partial charge on any atom is -0.207 e. The van der Waals surface area contributed by atoms with Crippen molar-refractivity contribution in [3.05, 3.63) is 42.0 Å². The van der Waals surface area contributed by atoms with E-state index in [9.17, 15) is 21.6 Å². The molecule has 3 nitrogen and oxygen atoms in total. The van der Waals surface area contributed by atoms with Crippen LogP contribution in [0.5, 0.6) is 0 Å². The number of hydrogen-bond donors (Lipinski definition) is 0. The van der Waals surface area contributed by atoms with Crippen LogP contribution in [-0.2, 0) is 10.0 Å². The van der Waals surface area contributed by atoms with Crippen molar-refractivity contribution >= 4 is 10.0 Å². The second-order valence-electron chi connectivity index (χ2n) is 5.59. The Balaban J connectivity index is 2.36. The molecule has 0 spiro atoms. The van der Waals surface area contributed by atoms with Crippen LogP contribution in [0.2, 0.25) is 0 Å². The number of sulfonamides is 1. The number of rotatable bonds is 4. The Morgan fingerprint density at radius 1 is 1.25 bits per heavy atom. The maximum atomic E-state index is 12.8. The molecule has 0 bridgehead atoms. The van der Waals surface area contributed by atoms with Crippen molar-refractivity contribution < 1.29 is 21.6 Å². The molecule has 130 valence electrons. The molecule has 1 aromatic carbocycles. The van der Waals surface area contributed by atoms with Crippen LogP contribution in [0.15, 0.2) is 41.3 Å². The summed E-state index contributed by atoms with van der Waals surface area (Å²) < 4.78 is 63.5. The predicted molar refractivity (Wildman–Crippen MR) is 85.7 cm³/mol. The summed E-state index contributed by atoms with van der Waals surface area (Å²) in [4.78, 5) is 0.0564. The van der Waals surface area contributed by atoms with Gasteiger partial charge in [0.15, 0.2) is 0 Å². The smallest absolute Gasteiger partial charge is 0.207 e. The standard InChI is InChI=1S/C17H18F3NO2S/c1-14-8-10-16(11-9-14)24(22,23)21(13-5-12-17(18,19)20)15-6-3-2-4-7-15/h3,6,8-11,15H,2,4,7,13H2,1H3. The Hall–Kier alpha value is -1.78. The van der Waals surface area contributed by atoms with Gasteiger partial charge in [0.25, 0.3) is 0 Å². The molecule has 0 N–H and O–H groups in total. The van der Waals surface area contributed by atoms with E-state index in [1.54, 1.807) is 18.2 Å². The highest BCUT2D eigenvalue weighted by atomic mass is 32.2. The first-order valence-electron chi connectivity index (χ1n) is 7.52. The average molecular weight is 357 g/mol. The Morgan fingerprint density at radius 3 is 2.46 bits per heavy atom. The summed E-state index contributed by atoms with van der Waals surface area (Å²) in [6.07, 6.45) is 1.13. The highest BCUT2D eigenvalue weighted by molar-refractivity contribution is 7.89. The van der Waals surface area contributed by atoms with Crippen molar-refractivity contribution in [2.24, 2.45) is 0 Å². The summed E-state index contributed by atoms with van der Waals surface area (Å²) in [6.45, 7) is 1.33. The van der Waals surface area contributed by atoms with E-state index >= 15 is 0 Å². The molecule has 1 aliphatic rings. The average Bonchev–Trinajstić information content (AvgIpc) is 2.51. The van der Waals surface area contributed by atoms with Gasteiger partial charge >= 0.3 is 6.18 Å². The Morgan fingerprint density at radius 2 is 1.92 bits per heavy atom. The van der Waals surface area contributed by atoms with Crippen LogP contribution in [0.4, 0.5) is 13.2 Å². The lowest BCUT2D eigenvalue weighted by molar-refractivity contribution is -0.0697. The molecule has 1 aliphatic carbocycles. The van der Waals surface area contributed by atoms with Crippen LogP contribution in [0.3, 0.4) is 0 Å². The monoisotopic (exact) mass is 357 g/mol. The second-order valence-corrected chi connectivity index (χ2v) is 7.48. The van der Waals surface area contributed by atoms with Gasteiger partial charge in [-0.05, 0) is 38.3 Å². The number of halogens is 3. The molecule has 0 aromatic heterocycles. The van der Waals surface area contributed by atoms with E-state index in [4.69, 9.17) is 0 Å². The van der Waals surface area contributed by atoms with Crippen LogP contribution < -0.4 is 0 Å². The van der Waals surface area contributed by atoms with Gasteiger partial charge in [0.2, 0.25) is 10.0 Å². The fraction of sp³-hybridized carbons (Fsp3) is 0.412. The van der Waals surface area contributed by atoms with Crippen LogP contribution in [0.25, 0.3) is 0 Å². The number of nitrogens with zero attached hydrogens (tertiary/aromatic N) is 1. The SMILES string of the molecule is Cc1ccc(S(=O)(=O)N(CC#CC(F)(F)F)C2C=CCCC2)cc1. The van der Waals surface area contributed by atoms with Crippen LogP contribution in [0, 0.1) is 18.8 Å². The third-order valence-electron chi connectivity index (χ3n) is 3.69. The molecule has 1 unspecified atom stereocenters. The summed E-state index contributed by atoms with van der Waals surface area (Å²) in [5.74, 6) is 3.09.